The number of rotatable bonds is 6. The van der Waals surface area contributed by atoms with Crippen LogP contribution in [0.5, 0.6) is 5.88 Å². The molecule has 2 aromatic rings. The lowest BCUT2D eigenvalue weighted by Crippen LogP contribution is -2.05. The smallest absolute Gasteiger partial charge is 0.338 e. The third-order valence-electron chi connectivity index (χ3n) is 3.64. The minimum atomic E-state index is -0.348. The van der Waals surface area contributed by atoms with Crippen LogP contribution in [-0.4, -0.2) is 36.4 Å². The first kappa shape index (κ1) is 17.0. The van der Waals surface area contributed by atoms with Crippen molar-refractivity contribution in [1.29, 1.82) is 0 Å². The second kappa shape index (κ2) is 7.74. The molecular weight excluding hydrogens is 294 g/mol. The molecule has 0 aliphatic rings. The molecular formula is C18H21NO4. The van der Waals surface area contributed by atoms with Gasteiger partial charge >= 0.3 is 5.97 Å². The van der Waals surface area contributed by atoms with E-state index in [1.807, 2.05) is 32.0 Å². The lowest BCUT2D eigenvalue weighted by molar-refractivity contribution is 0.0600. The van der Waals surface area contributed by atoms with Gasteiger partial charge in [-0.25, -0.2) is 9.78 Å². The number of ether oxygens (including phenoxy) is 2. The molecule has 0 bridgehead atoms. The van der Waals surface area contributed by atoms with Crippen LogP contribution in [0.2, 0.25) is 0 Å². The van der Waals surface area contributed by atoms with Crippen LogP contribution in [0.25, 0.3) is 11.1 Å². The van der Waals surface area contributed by atoms with Crippen LogP contribution >= 0.6 is 0 Å². The Kier molecular flexibility index (Phi) is 5.71. The molecule has 0 saturated heterocycles. The first-order chi connectivity index (χ1) is 11.1. The maximum Gasteiger partial charge on any atom is 0.338 e. The molecule has 5 nitrogen and oxygen atoms in total. The summed E-state index contributed by atoms with van der Waals surface area (Å²) in [5.41, 5.74) is 4.12. The molecule has 0 spiro atoms. The number of aromatic nitrogens is 1. The Hall–Kier alpha value is -2.40. The van der Waals surface area contributed by atoms with Gasteiger partial charge < -0.3 is 14.6 Å². The summed E-state index contributed by atoms with van der Waals surface area (Å²) < 4.78 is 10.3. The molecule has 2 rings (SSSR count). The quantitative estimate of drug-likeness (QED) is 0.656. The van der Waals surface area contributed by atoms with E-state index in [0.717, 1.165) is 22.4 Å². The van der Waals surface area contributed by atoms with Gasteiger partial charge in [0.25, 0.3) is 0 Å². The molecule has 0 atom stereocenters. The van der Waals surface area contributed by atoms with Crippen LogP contribution in [0.1, 0.15) is 28.0 Å². The van der Waals surface area contributed by atoms with Gasteiger partial charge in [0.05, 0.1) is 19.3 Å². The number of aryl methyl sites for hydroxylation is 1. The van der Waals surface area contributed by atoms with Gasteiger partial charge in [-0.1, -0.05) is 12.1 Å². The predicted octanol–water partition coefficient (Wildman–Crippen LogP) is 2.91. The number of carbonyl (C=O) groups excluding carboxylic acids is 1. The molecule has 1 heterocycles. The second-order valence-electron chi connectivity index (χ2n) is 5.18. The van der Waals surface area contributed by atoms with Crippen LogP contribution in [0.4, 0.5) is 0 Å². The monoisotopic (exact) mass is 315 g/mol. The van der Waals surface area contributed by atoms with Gasteiger partial charge in [-0.15, -0.1) is 0 Å². The maximum absolute atomic E-state index is 11.8. The summed E-state index contributed by atoms with van der Waals surface area (Å²) in [7, 11) is 1.37. The van der Waals surface area contributed by atoms with Gasteiger partial charge in [-0.2, -0.15) is 0 Å². The number of benzene rings is 1. The fourth-order valence-corrected chi connectivity index (χ4v) is 2.40. The normalized spacial score (nSPS) is 10.4. The van der Waals surface area contributed by atoms with E-state index in [-0.39, 0.29) is 12.6 Å². The third kappa shape index (κ3) is 3.87. The molecule has 0 fully saturated rings. The van der Waals surface area contributed by atoms with Crippen molar-refractivity contribution in [2.24, 2.45) is 0 Å². The van der Waals surface area contributed by atoms with Crippen molar-refractivity contribution in [2.45, 2.75) is 20.3 Å². The van der Waals surface area contributed by atoms with E-state index in [4.69, 9.17) is 14.6 Å². The van der Waals surface area contributed by atoms with Crippen LogP contribution in [0, 0.1) is 13.8 Å². The summed E-state index contributed by atoms with van der Waals surface area (Å²) in [6.07, 6.45) is 0.572. The highest BCUT2D eigenvalue weighted by Gasteiger charge is 2.14. The highest BCUT2D eigenvalue weighted by molar-refractivity contribution is 5.93. The number of hydrogen-bond acceptors (Lipinski definition) is 5. The number of esters is 1. The molecule has 5 heteroatoms. The Labute approximate surface area is 135 Å². The van der Waals surface area contributed by atoms with Gasteiger partial charge in [0.15, 0.2) is 0 Å². The Morgan fingerprint density at radius 1 is 1.17 bits per heavy atom. The minimum Gasteiger partial charge on any atom is -0.478 e. The van der Waals surface area contributed by atoms with Crippen molar-refractivity contribution in [3.8, 4) is 17.0 Å². The lowest BCUT2D eigenvalue weighted by Gasteiger charge is -2.13. The second-order valence-corrected chi connectivity index (χ2v) is 5.18. The SMILES string of the molecule is COC(=O)c1cccc(-c2ccc(OCCCO)nc2C)c1C. The van der Waals surface area contributed by atoms with Crippen molar-refractivity contribution in [3.05, 3.63) is 47.2 Å². The van der Waals surface area contributed by atoms with Gasteiger partial charge in [0.2, 0.25) is 5.88 Å². The van der Waals surface area contributed by atoms with E-state index < -0.39 is 0 Å². The minimum absolute atomic E-state index is 0.0938. The number of pyridine rings is 1. The van der Waals surface area contributed by atoms with E-state index in [1.54, 1.807) is 12.1 Å². The number of hydrogen-bond donors (Lipinski definition) is 1. The fraction of sp³-hybridized carbons (Fsp3) is 0.333. The van der Waals surface area contributed by atoms with Crippen LogP contribution in [-0.2, 0) is 4.74 Å². The summed E-state index contributed by atoms with van der Waals surface area (Å²) in [5.74, 6) is 0.181. The molecule has 1 aromatic carbocycles. The molecule has 1 aromatic heterocycles. The zero-order chi connectivity index (χ0) is 16.8. The van der Waals surface area contributed by atoms with Crippen molar-refractivity contribution >= 4 is 5.97 Å². The molecule has 0 aliphatic heterocycles. The van der Waals surface area contributed by atoms with Crippen LogP contribution < -0.4 is 4.74 Å². The summed E-state index contributed by atoms with van der Waals surface area (Å²) in [6, 6.07) is 9.27. The van der Waals surface area contributed by atoms with Crippen LogP contribution in [0.15, 0.2) is 30.3 Å². The first-order valence-corrected chi connectivity index (χ1v) is 7.48. The average molecular weight is 315 g/mol. The molecule has 0 radical (unpaired) electrons. The highest BCUT2D eigenvalue weighted by atomic mass is 16.5. The number of methoxy groups -OCH3 is 1. The summed E-state index contributed by atoms with van der Waals surface area (Å²) in [6.45, 7) is 4.32. The van der Waals surface area contributed by atoms with E-state index >= 15 is 0 Å². The standard InChI is InChI=1S/C18H21NO4/c1-12-14(6-4-7-15(12)18(21)22-3)16-8-9-17(19-13(16)2)23-11-5-10-20/h4,6-9,20H,5,10-11H2,1-3H3. The van der Waals surface area contributed by atoms with E-state index in [9.17, 15) is 4.79 Å². The predicted molar refractivity (Wildman–Crippen MR) is 87.7 cm³/mol. The van der Waals surface area contributed by atoms with Gasteiger partial charge in [0.1, 0.15) is 0 Å². The van der Waals surface area contributed by atoms with E-state index in [1.165, 1.54) is 7.11 Å². The van der Waals surface area contributed by atoms with Crippen molar-refractivity contribution in [1.82, 2.24) is 4.98 Å². The molecule has 23 heavy (non-hydrogen) atoms. The first-order valence-electron chi connectivity index (χ1n) is 7.48. The fourth-order valence-electron chi connectivity index (χ4n) is 2.40. The number of aliphatic hydroxyl groups is 1. The topological polar surface area (TPSA) is 68.7 Å². The number of nitrogens with zero attached hydrogens (tertiary/aromatic N) is 1. The Morgan fingerprint density at radius 2 is 1.96 bits per heavy atom. The summed E-state index contributed by atoms with van der Waals surface area (Å²) in [5, 5.41) is 8.78. The highest BCUT2D eigenvalue weighted by Crippen LogP contribution is 2.29. The molecule has 0 amide bonds. The largest absolute Gasteiger partial charge is 0.478 e. The molecule has 0 aliphatic carbocycles. The van der Waals surface area contributed by atoms with Crippen molar-refractivity contribution < 1.29 is 19.4 Å². The third-order valence-corrected chi connectivity index (χ3v) is 3.64. The molecule has 0 saturated carbocycles. The zero-order valence-electron chi connectivity index (χ0n) is 13.6. The number of aliphatic hydroxyl groups excluding tert-OH is 1. The molecule has 1 N–H and O–H groups in total. The van der Waals surface area contributed by atoms with Crippen molar-refractivity contribution in [2.75, 3.05) is 20.3 Å². The van der Waals surface area contributed by atoms with Gasteiger partial charge in [-0.3, -0.25) is 0 Å². The Balaban J connectivity index is 2.34. The van der Waals surface area contributed by atoms with Gasteiger partial charge in [-0.05, 0) is 37.1 Å². The zero-order valence-corrected chi connectivity index (χ0v) is 13.6. The van der Waals surface area contributed by atoms with Crippen molar-refractivity contribution in [3.63, 3.8) is 0 Å². The molecule has 0 unspecified atom stereocenters. The Bertz CT molecular complexity index is 697. The average Bonchev–Trinajstić information content (AvgIpc) is 2.55. The maximum atomic E-state index is 11.8. The lowest BCUT2D eigenvalue weighted by atomic mass is 9.95. The van der Waals surface area contributed by atoms with Gasteiger partial charge in [0, 0.05) is 30.4 Å². The number of carbonyl (C=O) groups is 1. The van der Waals surface area contributed by atoms with E-state index in [0.29, 0.717) is 24.5 Å². The molecule has 122 valence electrons. The Morgan fingerprint density at radius 3 is 2.61 bits per heavy atom. The van der Waals surface area contributed by atoms with E-state index in [2.05, 4.69) is 4.98 Å². The van der Waals surface area contributed by atoms with Crippen LogP contribution in [0.3, 0.4) is 0 Å². The summed E-state index contributed by atoms with van der Waals surface area (Å²) >= 11 is 0. The summed E-state index contributed by atoms with van der Waals surface area (Å²) in [4.78, 5) is 16.3.